The molecule has 0 fully saturated rings. The van der Waals surface area contributed by atoms with Gasteiger partial charge in [-0.1, -0.05) is 36.9 Å². The average Bonchev–Trinajstić information content (AvgIpc) is 3.48. The van der Waals surface area contributed by atoms with E-state index in [2.05, 4.69) is 45.0 Å². The molecule has 3 aromatic heterocycles. The van der Waals surface area contributed by atoms with E-state index in [-0.39, 0.29) is 12.0 Å². The number of carbonyl (C=O) groups is 1. The number of carbonyl (C=O) groups excluding carboxylic acids is 1. The van der Waals surface area contributed by atoms with E-state index in [4.69, 9.17) is 10.5 Å². The third kappa shape index (κ3) is 4.24. The molecule has 2 aromatic carbocycles. The van der Waals surface area contributed by atoms with Crippen LogP contribution in [0.15, 0.2) is 79.1 Å². The Morgan fingerprint density at radius 2 is 1.87 bits per heavy atom. The highest BCUT2D eigenvalue weighted by atomic mass is 16.5. The van der Waals surface area contributed by atoms with E-state index in [9.17, 15) is 4.79 Å². The number of aromatic nitrogens is 4. The number of nitrogens with two attached hydrogens (primary N) is 1. The minimum absolute atomic E-state index is 0.198. The van der Waals surface area contributed by atoms with Crippen molar-refractivity contribution in [3.05, 3.63) is 102 Å². The van der Waals surface area contributed by atoms with Gasteiger partial charge in [-0.3, -0.25) is 9.78 Å². The van der Waals surface area contributed by atoms with E-state index in [1.807, 2.05) is 61.0 Å². The lowest BCUT2D eigenvalue weighted by molar-refractivity contribution is -0.112. The van der Waals surface area contributed by atoms with Gasteiger partial charge in [0, 0.05) is 29.6 Å². The molecule has 0 saturated heterocycles. The molecule has 0 saturated carbocycles. The molecule has 39 heavy (non-hydrogen) atoms. The molecule has 8 heteroatoms. The Balaban J connectivity index is 1.47. The standard InChI is InChI=1S/C31H28N6O2/c1-17(2)31(38)36-22-11-8-19(9-12-22)27-25(26-29(32)33-16-34-30(26)37(27)4)20-10-13-23-21(14-20)15-39-28(23)24-7-5-6-18(3)35-24/h5-14,16,28H,1,15H2,2-4H3,(H,36,38)(H2,32,33,34). The number of anilines is 2. The van der Waals surface area contributed by atoms with Crippen LogP contribution in [-0.4, -0.2) is 25.4 Å². The largest absolute Gasteiger partial charge is 0.383 e. The first-order valence-corrected chi connectivity index (χ1v) is 12.7. The second-order valence-corrected chi connectivity index (χ2v) is 9.86. The van der Waals surface area contributed by atoms with Crippen molar-refractivity contribution in [2.45, 2.75) is 26.6 Å². The second-order valence-electron chi connectivity index (χ2n) is 9.86. The Morgan fingerprint density at radius 1 is 1.10 bits per heavy atom. The number of nitrogen functional groups attached to an aromatic ring is 1. The van der Waals surface area contributed by atoms with Gasteiger partial charge in [0.15, 0.2) is 0 Å². The third-order valence-corrected chi connectivity index (χ3v) is 7.10. The second kappa shape index (κ2) is 9.49. The normalized spacial score (nSPS) is 14.4. The summed E-state index contributed by atoms with van der Waals surface area (Å²) in [6, 6.07) is 20.1. The number of hydrogen-bond acceptors (Lipinski definition) is 6. The molecule has 194 valence electrons. The monoisotopic (exact) mass is 516 g/mol. The van der Waals surface area contributed by atoms with E-state index in [1.54, 1.807) is 6.92 Å². The highest BCUT2D eigenvalue weighted by Gasteiger charge is 2.28. The van der Waals surface area contributed by atoms with Crippen molar-refractivity contribution in [3.8, 4) is 22.4 Å². The number of ether oxygens (including phenoxy) is 1. The highest BCUT2D eigenvalue weighted by molar-refractivity contribution is 6.08. The van der Waals surface area contributed by atoms with Gasteiger partial charge in [-0.2, -0.15) is 0 Å². The van der Waals surface area contributed by atoms with Gasteiger partial charge in [0.05, 0.1) is 23.4 Å². The lowest BCUT2D eigenvalue weighted by atomic mass is 9.94. The van der Waals surface area contributed by atoms with Crippen LogP contribution in [0.5, 0.6) is 0 Å². The number of hydrogen-bond donors (Lipinski definition) is 2. The molecule has 8 nitrogen and oxygen atoms in total. The van der Waals surface area contributed by atoms with Gasteiger partial charge in [0.2, 0.25) is 0 Å². The molecule has 1 aliphatic rings. The molecular formula is C31H28N6O2. The first-order valence-electron chi connectivity index (χ1n) is 12.7. The number of pyridine rings is 1. The van der Waals surface area contributed by atoms with E-state index >= 15 is 0 Å². The summed E-state index contributed by atoms with van der Waals surface area (Å²) in [6.07, 6.45) is 1.29. The van der Waals surface area contributed by atoms with Crippen molar-refractivity contribution < 1.29 is 9.53 Å². The van der Waals surface area contributed by atoms with Gasteiger partial charge in [-0.15, -0.1) is 0 Å². The molecule has 1 unspecified atom stereocenters. The summed E-state index contributed by atoms with van der Waals surface area (Å²) < 4.78 is 8.23. The van der Waals surface area contributed by atoms with Crippen LogP contribution in [0.25, 0.3) is 33.4 Å². The lowest BCUT2D eigenvalue weighted by Crippen LogP contribution is -2.11. The fourth-order valence-electron chi connectivity index (χ4n) is 5.20. The molecule has 0 radical (unpaired) electrons. The topological polar surface area (TPSA) is 108 Å². The van der Waals surface area contributed by atoms with Crippen LogP contribution in [-0.2, 0) is 23.2 Å². The van der Waals surface area contributed by atoms with Gasteiger partial charge >= 0.3 is 0 Å². The van der Waals surface area contributed by atoms with Gasteiger partial charge in [-0.05, 0) is 66.4 Å². The molecule has 0 spiro atoms. The van der Waals surface area contributed by atoms with Gasteiger partial charge in [0.25, 0.3) is 5.91 Å². The van der Waals surface area contributed by atoms with Crippen LogP contribution in [0, 0.1) is 6.92 Å². The smallest absolute Gasteiger partial charge is 0.250 e. The summed E-state index contributed by atoms with van der Waals surface area (Å²) in [5, 5.41) is 3.66. The van der Waals surface area contributed by atoms with Crippen molar-refractivity contribution in [1.29, 1.82) is 0 Å². The zero-order chi connectivity index (χ0) is 27.3. The Labute approximate surface area is 226 Å². The summed E-state index contributed by atoms with van der Waals surface area (Å²) in [5.41, 5.74) is 16.3. The van der Waals surface area contributed by atoms with Crippen LogP contribution in [0.1, 0.15) is 35.5 Å². The quantitative estimate of drug-likeness (QED) is 0.289. The fourth-order valence-corrected chi connectivity index (χ4v) is 5.20. The summed E-state index contributed by atoms with van der Waals surface area (Å²) in [4.78, 5) is 25.6. The number of benzene rings is 2. The predicted octanol–water partition coefficient (Wildman–Crippen LogP) is 5.72. The highest BCUT2D eigenvalue weighted by Crippen LogP contribution is 2.44. The number of nitrogens with zero attached hydrogens (tertiary/aromatic N) is 4. The van der Waals surface area contributed by atoms with Crippen molar-refractivity contribution in [1.82, 2.24) is 19.5 Å². The van der Waals surface area contributed by atoms with E-state index in [1.165, 1.54) is 6.33 Å². The summed E-state index contributed by atoms with van der Waals surface area (Å²) >= 11 is 0. The zero-order valence-electron chi connectivity index (χ0n) is 22.0. The lowest BCUT2D eigenvalue weighted by Gasteiger charge is -2.13. The summed E-state index contributed by atoms with van der Waals surface area (Å²) in [5.74, 6) is 0.205. The minimum Gasteiger partial charge on any atom is -0.383 e. The molecule has 1 atom stereocenters. The van der Waals surface area contributed by atoms with Gasteiger partial charge < -0.3 is 20.4 Å². The van der Waals surface area contributed by atoms with Crippen LogP contribution in [0.4, 0.5) is 11.5 Å². The van der Waals surface area contributed by atoms with E-state index in [0.29, 0.717) is 23.7 Å². The maximum atomic E-state index is 12.1. The summed E-state index contributed by atoms with van der Waals surface area (Å²) in [7, 11) is 1.97. The van der Waals surface area contributed by atoms with Crippen molar-refractivity contribution in [2.24, 2.45) is 7.05 Å². The van der Waals surface area contributed by atoms with Crippen molar-refractivity contribution in [3.63, 3.8) is 0 Å². The molecule has 6 rings (SSSR count). The van der Waals surface area contributed by atoms with Crippen molar-refractivity contribution in [2.75, 3.05) is 11.1 Å². The first kappa shape index (κ1) is 24.5. The number of aryl methyl sites for hydroxylation is 2. The number of nitrogens with one attached hydrogen (secondary N) is 1. The molecule has 1 amide bonds. The Kier molecular flexibility index (Phi) is 5.96. The number of rotatable bonds is 5. The van der Waals surface area contributed by atoms with Crippen LogP contribution in [0.2, 0.25) is 0 Å². The van der Waals surface area contributed by atoms with Crippen LogP contribution in [0.3, 0.4) is 0 Å². The Bertz CT molecular complexity index is 1770. The molecular weight excluding hydrogens is 488 g/mol. The predicted molar refractivity (Wildman–Crippen MR) is 153 cm³/mol. The Hall–Kier alpha value is -4.82. The Morgan fingerprint density at radius 3 is 2.62 bits per heavy atom. The van der Waals surface area contributed by atoms with Crippen molar-refractivity contribution >= 4 is 28.4 Å². The number of amides is 1. The van der Waals surface area contributed by atoms with E-state index in [0.717, 1.165) is 55.9 Å². The molecule has 0 aliphatic carbocycles. The van der Waals surface area contributed by atoms with E-state index < -0.39 is 0 Å². The maximum absolute atomic E-state index is 12.1. The molecule has 0 bridgehead atoms. The van der Waals surface area contributed by atoms with Gasteiger partial charge in [0.1, 0.15) is 23.9 Å². The zero-order valence-corrected chi connectivity index (χ0v) is 22.0. The maximum Gasteiger partial charge on any atom is 0.250 e. The SMILES string of the molecule is C=C(C)C(=O)Nc1ccc(-c2c(-c3ccc4c(c3)COC4c3cccc(C)n3)c3c(N)ncnc3n2C)cc1. The molecule has 5 aromatic rings. The van der Waals surface area contributed by atoms with Crippen LogP contribution >= 0.6 is 0 Å². The van der Waals surface area contributed by atoms with Gasteiger partial charge in [-0.25, -0.2) is 9.97 Å². The number of fused-ring (bicyclic) bond motifs is 2. The average molecular weight is 517 g/mol. The molecule has 4 heterocycles. The summed E-state index contributed by atoms with van der Waals surface area (Å²) in [6.45, 7) is 7.86. The minimum atomic E-state index is -0.212. The first-order chi connectivity index (χ1) is 18.8. The third-order valence-electron chi connectivity index (χ3n) is 7.10. The fraction of sp³-hybridized carbons (Fsp3) is 0.161. The van der Waals surface area contributed by atoms with Crippen LogP contribution < -0.4 is 11.1 Å². The molecule has 3 N–H and O–H groups in total. The molecule has 1 aliphatic heterocycles.